The summed E-state index contributed by atoms with van der Waals surface area (Å²) < 4.78 is 33.9. The highest BCUT2D eigenvalue weighted by atomic mass is 32.1. The third-order valence-electron chi connectivity index (χ3n) is 3.20. The average Bonchev–Trinajstić information content (AvgIpc) is 3.00. The second kappa shape index (κ2) is 5.47. The van der Waals surface area contributed by atoms with E-state index in [1.54, 1.807) is 16.0 Å². The largest absolute Gasteiger partial charge is 0.370 e. The number of hydrogen-bond acceptors (Lipinski definition) is 4. The Bertz CT molecular complexity index is 839. The molecule has 0 saturated heterocycles. The minimum atomic E-state index is -0.878. The van der Waals surface area contributed by atoms with Gasteiger partial charge < -0.3 is 10.5 Å². The lowest BCUT2D eigenvalue weighted by Crippen LogP contribution is -2.18. The summed E-state index contributed by atoms with van der Waals surface area (Å²) >= 11 is 1.31. The number of aromatic nitrogens is 2. The van der Waals surface area contributed by atoms with Crippen molar-refractivity contribution >= 4 is 22.2 Å². The van der Waals surface area contributed by atoms with Gasteiger partial charge in [-0.05, 0) is 17.7 Å². The number of nitrogens with two attached hydrogens (primary N) is 1. The molecule has 22 heavy (non-hydrogen) atoms. The lowest BCUT2D eigenvalue weighted by Gasteiger charge is -2.16. The molecule has 0 aliphatic heterocycles. The number of nitrogens with zero attached hydrogens (tertiary/aromatic N) is 2. The molecular formula is C14H11F2N3O2S. The normalized spacial score (nSPS) is 12.7. The van der Waals surface area contributed by atoms with E-state index in [0.717, 1.165) is 18.2 Å². The standard InChI is InChI=1S/C14H11F2N3O2S/c1-21-12(7-4-8(15)6-9(16)5-7)11-10(13(17)20)18-14-19(11)2-3-22-14/h2-6,12H,1H3,(H2,17,20). The molecule has 0 spiro atoms. The first kappa shape index (κ1) is 14.6. The fourth-order valence-electron chi connectivity index (χ4n) is 2.37. The zero-order chi connectivity index (χ0) is 15.9. The van der Waals surface area contributed by atoms with Crippen molar-refractivity contribution < 1.29 is 18.3 Å². The SMILES string of the molecule is COC(c1cc(F)cc(F)c1)c1c(C(N)=O)nc2sccn12. The number of carbonyl (C=O) groups excluding carboxylic acids is 1. The van der Waals surface area contributed by atoms with Crippen LogP contribution in [0, 0.1) is 11.6 Å². The molecule has 1 aromatic carbocycles. The minimum absolute atomic E-state index is 0.0170. The minimum Gasteiger partial charge on any atom is -0.370 e. The van der Waals surface area contributed by atoms with Gasteiger partial charge in [-0.25, -0.2) is 13.8 Å². The highest BCUT2D eigenvalue weighted by Crippen LogP contribution is 2.31. The summed E-state index contributed by atoms with van der Waals surface area (Å²) in [6.07, 6.45) is 0.813. The average molecular weight is 323 g/mol. The smallest absolute Gasteiger partial charge is 0.269 e. The van der Waals surface area contributed by atoms with Crippen LogP contribution >= 0.6 is 11.3 Å². The van der Waals surface area contributed by atoms with Gasteiger partial charge in [0.2, 0.25) is 0 Å². The number of halogens is 2. The van der Waals surface area contributed by atoms with Gasteiger partial charge in [-0.1, -0.05) is 0 Å². The van der Waals surface area contributed by atoms with Crippen LogP contribution in [-0.4, -0.2) is 22.4 Å². The number of methoxy groups -OCH3 is 1. The van der Waals surface area contributed by atoms with E-state index >= 15 is 0 Å². The number of thiazole rings is 1. The van der Waals surface area contributed by atoms with Crippen LogP contribution < -0.4 is 5.73 Å². The number of hydrogen-bond donors (Lipinski definition) is 1. The molecule has 2 heterocycles. The lowest BCUT2D eigenvalue weighted by molar-refractivity contribution is 0.0980. The summed E-state index contributed by atoms with van der Waals surface area (Å²) in [4.78, 5) is 16.3. The second-order valence-corrected chi connectivity index (χ2v) is 5.46. The quantitative estimate of drug-likeness (QED) is 0.802. The summed E-state index contributed by atoms with van der Waals surface area (Å²) in [7, 11) is 1.38. The van der Waals surface area contributed by atoms with E-state index in [1.165, 1.54) is 18.4 Å². The van der Waals surface area contributed by atoms with Crippen LogP contribution in [0.3, 0.4) is 0 Å². The number of carbonyl (C=O) groups is 1. The Hall–Kier alpha value is -2.32. The number of rotatable bonds is 4. The first-order valence-electron chi connectivity index (χ1n) is 6.25. The highest BCUT2D eigenvalue weighted by molar-refractivity contribution is 7.15. The van der Waals surface area contributed by atoms with Crippen LogP contribution in [0.5, 0.6) is 0 Å². The van der Waals surface area contributed by atoms with Gasteiger partial charge in [0.25, 0.3) is 5.91 Å². The molecule has 3 rings (SSSR count). The third kappa shape index (κ3) is 2.36. The summed E-state index contributed by atoms with van der Waals surface area (Å²) in [6.45, 7) is 0. The van der Waals surface area contributed by atoms with E-state index in [1.807, 2.05) is 0 Å². The predicted molar refractivity (Wildman–Crippen MR) is 76.8 cm³/mol. The number of ether oxygens (including phenoxy) is 1. The zero-order valence-corrected chi connectivity index (χ0v) is 12.2. The van der Waals surface area contributed by atoms with Crippen molar-refractivity contribution in [2.45, 2.75) is 6.10 Å². The van der Waals surface area contributed by atoms with Crippen LogP contribution in [0.25, 0.3) is 4.96 Å². The van der Waals surface area contributed by atoms with Gasteiger partial charge in [-0.2, -0.15) is 0 Å². The topological polar surface area (TPSA) is 69.6 Å². The molecule has 0 bridgehead atoms. The Labute approximate surface area is 128 Å². The molecule has 2 aromatic heterocycles. The van der Waals surface area contributed by atoms with Crippen LogP contribution in [0.4, 0.5) is 8.78 Å². The summed E-state index contributed by atoms with van der Waals surface area (Å²) in [5.41, 5.74) is 5.95. The summed E-state index contributed by atoms with van der Waals surface area (Å²) in [6, 6.07) is 3.06. The molecule has 2 N–H and O–H groups in total. The predicted octanol–water partition coefficient (Wildman–Crippen LogP) is 2.51. The first-order valence-corrected chi connectivity index (χ1v) is 7.13. The lowest BCUT2D eigenvalue weighted by atomic mass is 10.0. The molecule has 1 atom stereocenters. The van der Waals surface area contributed by atoms with E-state index in [9.17, 15) is 13.6 Å². The van der Waals surface area contributed by atoms with Crippen molar-refractivity contribution in [3.05, 3.63) is 58.4 Å². The number of primary amides is 1. The van der Waals surface area contributed by atoms with Gasteiger partial charge in [-0.3, -0.25) is 9.20 Å². The summed E-state index contributed by atoms with van der Waals surface area (Å²) in [5.74, 6) is -2.20. The van der Waals surface area contributed by atoms with Gasteiger partial charge in [0.15, 0.2) is 10.7 Å². The fraction of sp³-hybridized carbons (Fsp3) is 0.143. The van der Waals surface area contributed by atoms with E-state index in [0.29, 0.717) is 10.7 Å². The van der Waals surface area contributed by atoms with Crippen LogP contribution in [0.1, 0.15) is 27.8 Å². The second-order valence-electron chi connectivity index (χ2n) is 4.58. The van der Waals surface area contributed by atoms with Crippen molar-refractivity contribution in [3.8, 4) is 0 Å². The molecular weight excluding hydrogens is 312 g/mol. The Morgan fingerprint density at radius 3 is 2.64 bits per heavy atom. The Kier molecular flexibility index (Phi) is 3.63. The Morgan fingerprint density at radius 2 is 2.05 bits per heavy atom. The molecule has 0 fully saturated rings. The van der Waals surface area contributed by atoms with Crippen molar-refractivity contribution in [1.82, 2.24) is 9.38 Å². The van der Waals surface area contributed by atoms with Gasteiger partial charge >= 0.3 is 0 Å². The monoisotopic (exact) mass is 323 g/mol. The maximum atomic E-state index is 13.5. The maximum absolute atomic E-state index is 13.5. The molecule has 5 nitrogen and oxygen atoms in total. The Balaban J connectivity index is 2.24. The van der Waals surface area contributed by atoms with E-state index in [2.05, 4.69) is 4.98 Å². The number of imidazole rings is 1. The Morgan fingerprint density at radius 1 is 1.36 bits per heavy atom. The number of amides is 1. The van der Waals surface area contributed by atoms with Crippen molar-refractivity contribution in [2.75, 3.05) is 7.11 Å². The van der Waals surface area contributed by atoms with Gasteiger partial charge in [0.1, 0.15) is 17.7 Å². The summed E-state index contributed by atoms with van der Waals surface area (Å²) in [5, 5.41) is 1.77. The van der Waals surface area contributed by atoms with Gasteiger partial charge in [-0.15, -0.1) is 11.3 Å². The highest BCUT2D eigenvalue weighted by Gasteiger charge is 2.27. The van der Waals surface area contributed by atoms with E-state index in [4.69, 9.17) is 10.5 Å². The number of fused-ring (bicyclic) bond motifs is 1. The fourth-order valence-corrected chi connectivity index (χ4v) is 3.09. The van der Waals surface area contributed by atoms with E-state index < -0.39 is 23.6 Å². The molecule has 0 radical (unpaired) electrons. The van der Waals surface area contributed by atoms with Crippen molar-refractivity contribution in [2.24, 2.45) is 5.73 Å². The molecule has 114 valence electrons. The van der Waals surface area contributed by atoms with E-state index in [-0.39, 0.29) is 11.3 Å². The van der Waals surface area contributed by atoms with Gasteiger partial charge in [0, 0.05) is 24.8 Å². The molecule has 8 heteroatoms. The number of benzene rings is 1. The maximum Gasteiger partial charge on any atom is 0.269 e. The van der Waals surface area contributed by atoms with Crippen molar-refractivity contribution in [1.29, 1.82) is 0 Å². The molecule has 1 amide bonds. The zero-order valence-electron chi connectivity index (χ0n) is 11.4. The first-order chi connectivity index (χ1) is 10.5. The molecule has 0 aliphatic carbocycles. The van der Waals surface area contributed by atoms with Crippen LogP contribution in [0.15, 0.2) is 29.8 Å². The molecule has 1 unspecified atom stereocenters. The van der Waals surface area contributed by atoms with Crippen LogP contribution in [-0.2, 0) is 4.74 Å². The van der Waals surface area contributed by atoms with Crippen LogP contribution in [0.2, 0.25) is 0 Å². The molecule has 3 aromatic rings. The van der Waals surface area contributed by atoms with Crippen molar-refractivity contribution in [3.63, 3.8) is 0 Å². The molecule has 0 saturated carbocycles. The molecule has 0 aliphatic rings. The van der Waals surface area contributed by atoms with Gasteiger partial charge in [0.05, 0.1) is 5.69 Å². The third-order valence-corrected chi connectivity index (χ3v) is 3.96.